The second-order valence-corrected chi connectivity index (χ2v) is 8.71. The van der Waals surface area contributed by atoms with E-state index in [0.717, 1.165) is 27.3 Å². The van der Waals surface area contributed by atoms with Crippen LogP contribution in [0, 0.1) is 13.8 Å². The quantitative estimate of drug-likeness (QED) is 0.415. The van der Waals surface area contributed by atoms with Gasteiger partial charge in [-0.1, -0.05) is 29.8 Å². The molecule has 1 aliphatic heterocycles. The molecule has 1 aromatic heterocycles. The van der Waals surface area contributed by atoms with Crippen LogP contribution in [0.4, 0.5) is 10.8 Å². The minimum Gasteiger partial charge on any atom is -0.298 e. The van der Waals surface area contributed by atoms with Crippen LogP contribution in [0.2, 0.25) is 0 Å². The molecule has 0 fully saturated rings. The summed E-state index contributed by atoms with van der Waals surface area (Å²) in [7, 11) is 0. The van der Waals surface area contributed by atoms with Crippen LogP contribution in [0.15, 0.2) is 72.1 Å². The molecule has 7 heteroatoms. The van der Waals surface area contributed by atoms with Gasteiger partial charge in [0.1, 0.15) is 0 Å². The number of anilines is 2. The van der Waals surface area contributed by atoms with Crippen LogP contribution < -0.4 is 10.2 Å². The Labute approximate surface area is 194 Å². The zero-order valence-corrected chi connectivity index (χ0v) is 18.8. The fourth-order valence-corrected chi connectivity index (χ4v) is 4.53. The summed E-state index contributed by atoms with van der Waals surface area (Å²) in [5.41, 5.74) is 5.71. The molecule has 0 saturated carbocycles. The molecule has 33 heavy (non-hydrogen) atoms. The minimum absolute atomic E-state index is 0.314. The lowest BCUT2D eigenvalue weighted by Crippen LogP contribution is -2.29. The summed E-state index contributed by atoms with van der Waals surface area (Å²) in [6.07, 6.45) is 0. The molecule has 0 spiro atoms. The summed E-state index contributed by atoms with van der Waals surface area (Å²) >= 11 is 1.36. The van der Waals surface area contributed by atoms with E-state index in [4.69, 9.17) is 0 Å². The summed E-state index contributed by atoms with van der Waals surface area (Å²) in [6.45, 7) is 4.06. The Hall–Kier alpha value is -4.10. The number of hydrogen-bond acceptors (Lipinski definition) is 5. The van der Waals surface area contributed by atoms with Gasteiger partial charge in [0.15, 0.2) is 5.13 Å². The van der Waals surface area contributed by atoms with Crippen LogP contribution in [0.3, 0.4) is 0 Å². The third-order valence-corrected chi connectivity index (χ3v) is 6.33. The number of nitrogens with zero attached hydrogens (tertiary/aromatic N) is 2. The van der Waals surface area contributed by atoms with Crippen molar-refractivity contribution in [2.24, 2.45) is 0 Å². The first-order valence-electron chi connectivity index (χ1n) is 10.3. The molecular weight excluding hydrogens is 434 g/mol. The molecule has 0 bridgehead atoms. The fraction of sp³-hybridized carbons (Fsp3) is 0.0769. The predicted molar refractivity (Wildman–Crippen MR) is 129 cm³/mol. The van der Waals surface area contributed by atoms with Crippen molar-refractivity contribution in [3.05, 3.63) is 99.9 Å². The highest BCUT2D eigenvalue weighted by atomic mass is 32.1. The number of aromatic nitrogens is 1. The molecule has 0 saturated heterocycles. The third kappa shape index (κ3) is 3.72. The zero-order valence-electron chi connectivity index (χ0n) is 18.0. The van der Waals surface area contributed by atoms with Gasteiger partial charge in [-0.05, 0) is 61.9 Å². The van der Waals surface area contributed by atoms with Gasteiger partial charge in [0, 0.05) is 16.5 Å². The zero-order chi connectivity index (χ0) is 23.1. The summed E-state index contributed by atoms with van der Waals surface area (Å²) in [4.78, 5) is 43.7. The smallest absolute Gasteiger partial charge is 0.266 e. The lowest BCUT2D eigenvalue weighted by Gasteiger charge is -2.14. The largest absolute Gasteiger partial charge is 0.298 e. The van der Waals surface area contributed by atoms with Crippen molar-refractivity contribution >= 4 is 39.9 Å². The SMILES string of the molecule is Cc1ccc(C)c(-c2csc(NC(=O)c3ccc(N4C(=O)c5ccccc5C4=O)cc3)n2)c1. The number of carbonyl (C=O) groups excluding carboxylic acids is 3. The second-order valence-electron chi connectivity index (χ2n) is 7.85. The maximum absolute atomic E-state index is 12.7. The Kier molecular flexibility index (Phi) is 5.11. The number of fused-ring (bicyclic) bond motifs is 1. The topological polar surface area (TPSA) is 79.4 Å². The lowest BCUT2D eigenvalue weighted by molar-refractivity contribution is 0.0925. The standard InChI is InChI=1S/C26H19N3O3S/c1-15-7-8-16(2)21(13-15)22-14-33-26(27-22)28-23(30)17-9-11-18(12-10-17)29-24(31)19-5-3-4-6-20(19)25(29)32/h3-14H,1-2H3,(H,27,28,30). The Bertz CT molecular complexity index is 1390. The molecular formula is C26H19N3O3S. The number of imide groups is 1. The first-order chi connectivity index (χ1) is 15.9. The minimum atomic E-state index is -0.366. The molecule has 3 aromatic carbocycles. The molecule has 6 nitrogen and oxygen atoms in total. The van der Waals surface area contributed by atoms with E-state index >= 15 is 0 Å². The highest BCUT2D eigenvalue weighted by molar-refractivity contribution is 7.14. The summed E-state index contributed by atoms with van der Waals surface area (Å²) in [5, 5.41) is 5.24. The second kappa shape index (κ2) is 8.11. The number of carbonyl (C=O) groups is 3. The number of benzene rings is 3. The number of rotatable bonds is 4. The van der Waals surface area contributed by atoms with Crippen molar-refractivity contribution in [3.63, 3.8) is 0 Å². The van der Waals surface area contributed by atoms with E-state index in [9.17, 15) is 14.4 Å². The monoisotopic (exact) mass is 453 g/mol. The van der Waals surface area contributed by atoms with Crippen molar-refractivity contribution in [1.29, 1.82) is 0 Å². The maximum atomic E-state index is 12.7. The summed E-state index contributed by atoms with van der Waals surface area (Å²) in [5.74, 6) is -1.05. The Morgan fingerprint density at radius 1 is 0.879 bits per heavy atom. The molecule has 2 heterocycles. The van der Waals surface area contributed by atoms with Gasteiger partial charge in [-0.2, -0.15) is 0 Å². The van der Waals surface area contributed by atoms with Crippen molar-refractivity contribution in [1.82, 2.24) is 4.98 Å². The predicted octanol–water partition coefficient (Wildman–Crippen LogP) is 5.48. The molecule has 0 atom stereocenters. The number of thiazole rings is 1. The number of amides is 3. The highest BCUT2D eigenvalue weighted by Gasteiger charge is 2.36. The number of hydrogen-bond donors (Lipinski definition) is 1. The summed E-state index contributed by atoms with van der Waals surface area (Å²) < 4.78 is 0. The van der Waals surface area contributed by atoms with Gasteiger partial charge >= 0.3 is 0 Å². The number of aryl methyl sites for hydroxylation is 2. The van der Waals surface area contributed by atoms with E-state index in [1.54, 1.807) is 48.5 Å². The molecule has 1 N–H and O–H groups in total. The van der Waals surface area contributed by atoms with Crippen LogP contribution in [0.5, 0.6) is 0 Å². The van der Waals surface area contributed by atoms with Crippen molar-refractivity contribution in [2.75, 3.05) is 10.2 Å². The van der Waals surface area contributed by atoms with Gasteiger partial charge in [-0.15, -0.1) is 11.3 Å². The van der Waals surface area contributed by atoms with Gasteiger partial charge in [0.2, 0.25) is 0 Å². The van der Waals surface area contributed by atoms with E-state index < -0.39 is 0 Å². The third-order valence-electron chi connectivity index (χ3n) is 5.58. The van der Waals surface area contributed by atoms with Crippen molar-refractivity contribution in [2.45, 2.75) is 13.8 Å². The van der Waals surface area contributed by atoms with Gasteiger partial charge in [-0.3, -0.25) is 19.7 Å². The maximum Gasteiger partial charge on any atom is 0.266 e. The normalized spacial score (nSPS) is 12.7. The number of nitrogens with one attached hydrogen (secondary N) is 1. The van der Waals surface area contributed by atoms with E-state index in [1.165, 1.54) is 11.3 Å². The Morgan fingerprint density at radius 3 is 2.21 bits per heavy atom. The highest BCUT2D eigenvalue weighted by Crippen LogP contribution is 2.30. The fourth-order valence-electron chi connectivity index (χ4n) is 3.82. The van der Waals surface area contributed by atoms with Crippen LogP contribution >= 0.6 is 11.3 Å². The van der Waals surface area contributed by atoms with Crippen LogP contribution in [-0.2, 0) is 0 Å². The average molecular weight is 454 g/mol. The van der Waals surface area contributed by atoms with Crippen LogP contribution in [0.25, 0.3) is 11.3 Å². The Balaban J connectivity index is 1.32. The van der Waals surface area contributed by atoms with E-state index in [1.807, 2.05) is 19.2 Å². The van der Waals surface area contributed by atoms with E-state index in [0.29, 0.717) is 27.5 Å². The molecule has 1 aliphatic rings. The molecule has 3 amide bonds. The molecule has 0 unspecified atom stereocenters. The summed E-state index contributed by atoms with van der Waals surface area (Å²) in [6, 6.07) is 19.3. The lowest BCUT2D eigenvalue weighted by atomic mass is 10.0. The molecule has 0 radical (unpaired) electrons. The molecule has 162 valence electrons. The first-order valence-corrected chi connectivity index (χ1v) is 11.2. The molecule has 0 aliphatic carbocycles. The van der Waals surface area contributed by atoms with Crippen LogP contribution in [0.1, 0.15) is 42.2 Å². The van der Waals surface area contributed by atoms with Crippen molar-refractivity contribution < 1.29 is 14.4 Å². The van der Waals surface area contributed by atoms with Gasteiger partial charge < -0.3 is 0 Å². The molecule has 4 aromatic rings. The van der Waals surface area contributed by atoms with Crippen LogP contribution in [-0.4, -0.2) is 22.7 Å². The average Bonchev–Trinajstić information content (AvgIpc) is 3.38. The van der Waals surface area contributed by atoms with Gasteiger partial charge in [0.05, 0.1) is 22.5 Å². The molecule has 5 rings (SSSR count). The van der Waals surface area contributed by atoms with Gasteiger partial charge in [0.25, 0.3) is 17.7 Å². The van der Waals surface area contributed by atoms with E-state index in [2.05, 4.69) is 28.5 Å². The van der Waals surface area contributed by atoms with Gasteiger partial charge in [-0.25, -0.2) is 9.88 Å². The Morgan fingerprint density at radius 2 is 1.55 bits per heavy atom. The van der Waals surface area contributed by atoms with Crippen molar-refractivity contribution in [3.8, 4) is 11.3 Å². The van der Waals surface area contributed by atoms with E-state index in [-0.39, 0.29) is 17.7 Å². The first kappa shape index (κ1) is 20.8.